The Hall–Kier alpha value is -2.36. The van der Waals surface area contributed by atoms with Gasteiger partial charge in [-0.25, -0.2) is 0 Å². The molecule has 0 spiro atoms. The normalized spacial score (nSPS) is 21.3. The van der Waals surface area contributed by atoms with Crippen LogP contribution >= 0.6 is 0 Å². The van der Waals surface area contributed by atoms with Gasteiger partial charge < -0.3 is 5.32 Å². The van der Waals surface area contributed by atoms with Crippen LogP contribution in [-0.4, -0.2) is 11.0 Å². The Labute approximate surface area is 111 Å². The second-order valence-electron chi connectivity index (χ2n) is 4.75. The molecule has 4 heteroatoms. The molecule has 1 aliphatic heterocycles. The molecule has 2 aromatic carbocycles. The molecular formula is C15H14N2O2. The van der Waals surface area contributed by atoms with Crippen molar-refractivity contribution in [1.29, 1.82) is 0 Å². The lowest BCUT2D eigenvalue weighted by Gasteiger charge is -2.29. The summed E-state index contributed by atoms with van der Waals surface area (Å²) in [5.41, 5.74) is 2.96. The van der Waals surface area contributed by atoms with Gasteiger partial charge in [-0.3, -0.25) is 10.1 Å². The summed E-state index contributed by atoms with van der Waals surface area (Å²) in [4.78, 5) is 11.1. The third kappa shape index (κ3) is 2.17. The molecule has 2 atom stereocenters. The van der Waals surface area contributed by atoms with Crippen LogP contribution in [0.1, 0.15) is 17.2 Å². The molecule has 19 heavy (non-hydrogen) atoms. The third-order valence-corrected chi connectivity index (χ3v) is 3.57. The van der Waals surface area contributed by atoms with E-state index in [0.29, 0.717) is 6.42 Å². The number of nitrogens with one attached hydrogen (secondary N) is 1. The Morgan fingerprint density at radius 2 is 1.74 bits per heavy atom. The van der Waals surface area contributed by atoms with E-state index in [9.17, 15) is 10.1 Å². The summed E-state index contributed by atoms with van der Waals surface area (Å²) in [6.45, 7) is 0. The lowest BCUT2D eigenvalue weighted by atomic mass is 9.89. The minimum absolute atomic E-state index is 0.180. The minimum Gasteiger partial charge on any atom is -0.372 e. The predicted molar refractivity (Wildman–Crippen MR) is 73.7 cm³/mol. The maximum Gasteiger partial charge on any atom is 0.241 e. The maximum atomic E-state index is 11.3. The summed E-state index contributed by atoms with van der Waals surface area (Å²) in [5.74, 6) is 0. The van der Waals surface area contributed by atoms with Crippen LogP contribution in [0.5, 0.6) is 0 Å². The molecule has 0 fully saturated rings. The molecule has 4 nitrogen and oxygen atoms in total. The number of hydrogen-bond acceptors (Lipinski definition) is 3. The topological polar surface area (TPSA) is 55.2 Å². The first-order valence-corrected chi connectivity index (χ1v) is 6.28. The Kier molecular flexibility index (Phi) is 2.91. The number of hydrogen-bond donors (Lipinski definition) is 1. The van der Waals surface area contributed by atoms with Gasteiger partial charge in [-0.05, 0) is 17.2 Å². The zero-order valence-electron chi connectivity index (χ0n) is 10.3. The van der Waals surface area contributed by atoms with E-state index in [1.54, 1.807) is 0 Å². The van der Waals surface area contributed by atoms with Crippen molar-refractivity contribution in [2.75, 3.05) is 5.32 Å². The van der Waals surface area contributed by atoms with E-state index in [4.69, 9.17) is 0 Å². The molecule has 1 aliphatic rings. The Morgan fingerprint density at radius 1 is 1.05 bits per heavy atom. The van der Waals surface area contributed by atoms with Gasteiger partial charge in [-0.2, -0.15) is 0 Å². The van der Waals surface area contributed by atoms with Crippen molar-refractivity contribution < 1.29 is 4.92 Å². The number of para-hydroxylation sites is 1. The average Bonchev–Trinajstić information content (AvgIpc) is 2.46. The smallest absolute Gasteiger partial charge is 0.241 e. The van der Waals surface area contributed by atoms with Gasteiger partial charge in [0.15, 0.2) is 0 Å². The summed E-state index contributed by atoms with van der Waals surface area (Å²) < 4.78 is 0. The van der Waals surface area contributed by atoms with Crippen molar-refractivity contribution in [2.24, 2.45) is 0 Å². The van der Waals surface area contributed by atoms with Gasteiger partial charge in [0.05, 0.1) is 0 Å². The van der Waals surface area contributed by atoms with Crippen molar-refractivity contribution in [1.82, 2.24) is 0 Å². The highest BCUT2D eigenvalue weighted by Gasteiger charge is 2.37. The van der Waals surface area contributed by atoms with Crippen molar-refractivity contribution in [3.63, 3.8) is 0 Å². The van der Waals surface area contributed by atoms with Crippen LogP contribution in [0.15, 0.2) is 54.6 Å². The van der Waals surface area contributed by atoms with Gasteiger partial charge in [0.25, 0.3) is 0 Å². The van der Waals surface area contributed by atoms with E-state index in [2.05, 4.69) is 5.32 Å². The van der Waals surface area contributed by atoms with E-state index in [0.717, 1.165) is 16.8 Å². The fourth-order valence-electron chi connectivity index (χ4n) is 2.61. The number of fused-ring (bicyclic) bond motifs is 1. The molecule has 0 amide bonds. The summed E-state index contributed by atoms with van der Waals surface area (Å²) in [5, 5.41) is 14.6. The summed E-state index contributed by atoms with van der Waals surface area (Å²) in [6.07, 6.45) is 0.468. The van der Waals surface area contributed by atoms with Crippen LogP contribution in [0.4, 0.5) is 5.69 Å². The summed E-state index contributed by atoms with van der Waals surface area (Å²) in [7, 11) is 0. The molecule has 0 radical (unpaired) electrons. The number of benzene rings is 2. The van der Waals surface area contributed by atoms with E-state index in [1.807, 2.05) is 54.6 Å². The monoisotopic (exact) mass is 254 g/mol. The van der Waals surface area contributed by atoms with E-state index in [1.165, 1.54) is 0 Å². The molecule has 2 aromatic rings. The molecule has 0 unspecified atom stereocenters. The molecule has 0 aromatic heterocycles. The van der Waals surface area contributed by atoms with Gasteiger partial charge >= 0.3 is 0 Å². The standard InChI is InChI=1S/C15H14N2O2/c18-17(19)14-10-12-8-4-5-9-13(12)16-15(14)11-6-2-1-3-7-11/h1-9,14-16H,10H2/t14-,15+/m0/s1. The van der Waals surface area contributed by atoms with Crippen LogP contribution < -0.4 is 5.32 Å². The molecule has 0 saturated heterocycles. The summed E-state index contributed by atoms with van der Waals surface area (Å²) in [6, 6.07) is 16.5. The molecule has 1 heterocycles. The zero-order chi connectivity index (χ0) is 13.2. The van der Waals surface area contributed by atoms with Crippen molar-refractivity contribution >= 4 is 5.69 Å². The van der Waals surface area contributed by atoms with Crippen molar-refractivity contribution in [2.45, 2.75) is 18.5 Å². The van der Waals surface area contributed by atoms with Gasteiger partial charge in [-0.15, -0.1) is 0 Å². The first-order chi connectivity index (χ1) is 9.25. The Bertz CT molecular complexity index is 598. The van der Waals surface area contributed by atoms with Crippen LogP contribution in [-0.2, 0) is 6.42 Å². The molecule has 0 bridgehead atoms. The van der Waals surface area contributed by atoms with Crippen molar-refractivity contribution in [3.05, 3.63) is 75.8 Å². The molecule has 0 saturated carbocycles. The van der Waals surface area contributed by atoms with Gasteiger partial charge in [0.2, 0.25) is 6.04 Å². The molecule has 1 N–H and O–H groups in total. The Morgan fingerprint density at radius 3 is 2.47 bits per heavy atom. The quantitative estimate of drug-likeness (QED) is 0.662. The molecule has 96 valence electrons. The second kappa shape index (κ2) is 4.72. The largest absolute Gasteiger partial charge is 0.372 e. The lowest BCUT2D eigenvalue weighted by molar-refractivity contribution is -0.525. The van der Waals surface area contributed by atoms with E-state index >= 15 is 0 Å². The van der Waals surface area contributed by atoms with Crippen LogP contribution in [0.25, 0.3) is 0 Å². The van der Waals surface area contributed by atoms with Crippen LogP contribution in [0.2, 0.25) is 0 Å². The first-order valence-electron chi connectivity index (χ1n) is 6.28. The van der Waals surface area contributed by atoms with E-state index < -0.39 is 6.04 Å². The SMILES string of the molecule is O=[N+]([O-])[C@H]1Cc2ccccc2N[C@@H]1c1ccccc1. The number of rotatable bonds is 2. The van der Waals surface area contributed by atoms with Crippen molar-refractivity contribution in [3.8, 4) is 0 Å². The zero-order valence-corrected chi connectivity index (χ0v) is 10.3. The van der Waals surface area contributed by atoms with Gasteiger partial charge in [-0.1, -0.05) is 48.5 Å². The highest BCUT2D eigenvalue weighted by molar-refractivity contribution is 5.55. The molecule has 0 aliphatic carbocycles. The third-order valence-electron chi connectivity index (χ3n) is 3.57. The van der Waals surface area contributed by atoms with Gasteiger partial charge in [0.1, 0.15) is 6.04 Å². The van der Waals surface area contributed by atoms with Gasteiger partial charge in [0, 0.05) is 17.0 Å². The minimum atomic E-state index is -0.628. The Balaban J connectivity index is 2.01. The average molecular weight is 254 g/mol. The highest BCUT2D eigenvalue weighted by atomic mass is 16.6. The number of anilines is 1. The lowest BCUT2D eigenvalue weighted by Crippen LogP contribution is -2.38. The number of nitro groups is 1. The highest BCUT2D eigenvalue weighted by Crippen LogP contribution is 2.33. The molecule has 3 rings (SSSR count). The molecular weight excluding hydrogens is 240 g/mol. The van der Waals surface area contributed by atoms with E-state index in [-0.39, 0.29) is 11.0 Å². The summed E-state index contributed by atoms with van der Waals surface area (Å²) >= 11 is 0. The fraction of sp³-hybridized carbons (Fsp3) is 0.200. The second-order valence-corrected chi connectivity index (χ2v) is 4.75. The van der Waals surface area contributed by atoms with Crippen LogP contribution in [0.3, 0.4) is 0 Å². The fourth-order valence-corrected chi connectivity index (χ4v) is 2.61. The van der Waals surface area contributed by atoms with Crippen LogP contribution in [0, 0.1) is 10.1 Å². The predicted octanol–water partition coefficient (Wildman–Crippen LogP) is 3.04. The number of nitrogens with zero attached hydrogens (tertiary/aromatic N) is 1. The maximum absolute atomic E-state index is 11.3. The first kappa shape index (κ1) is 11.7.